The predicted molar refractivity (Wildman–Crippen MR) is 126 cm³/mol. The standard InChI is InChI=1S/C21H16BrCl2F3N4O6/c1-28-17(35)30-5-4-10-12(31(30)18(28)36)7-19(23)15(33)29(8-22)16(34)20(19,24)14(10)11-6-9(2-3-13(11)32)37-21(25,26)27/h2-4,6,12,14,32H,5,7-8H2,1H3/t12-,14-,19-,20+/m1/s1. The molecule has 1 aliphatic carbocycles. The summed E-state index contributed by atoms with van der Waals surface area (Å²) in [5.74, 6) is -4.61. The van der Waals surface area contributed by atoms with Gasteiger partial charge in [0, 0.05) is 24.9 Å². The van der Waals surface area contributed by atoms with Crippen molar-refractivity contribution in [3.8, 4) is 11.5 Å². The van der Waals surface area contributed by atoms with E-state index in [1.807, 2.05) is 0 Å². The van der Waals surface area contributed by atoms with E-state index in [0.717, 1.165) is 37.0 Å². The first-order chi connectivity index (χ1) is 17.2. The van der Waals surface area contributed by atoms with E-state index in [1.165, 1.54) is 13.1 Å². The number of phenolic OH excluding ortho intramolecular Hbond substituents is 1. The summed E-state index contributed by atoms with van der Waals surface area (Å²) in [6, 6.07) is 1.54. The van der Waals surface area contributed by atoms with E-state index < -0.39 is 69.2 Å². The summed E-state index contributed by atoms with van der Waals surface area (Å²) in [5, 5.41) is 10.8. The summed E-state index contributed by atoms with van der Waals surface area (Å²) in [6.07, 6.45) is -3.97. The van der Waals surface area contributed by atoms with Gasteiger partial charge in [0.25, 0.3) is 11.8 Å². The molecule has 2 amide bonds. The molecule has 3 heterocycles. The molecular weight excluding hydrogens is 612 g/mol. The van der Waals surface area contributed by atoms with Crippen molar-refractivity contribution in [2.24, 2.45) is 7.05 Å². The van der Waals surface area contributed by atoms with Gasteiger partial charge in [0.15, 0.2) is 9.75 Å². The zero-order chi connectivity index (χ0) is 27.2. The van der Waals surface area contributed by atoms with Crippen molar-refractivity contribution in [2.75, 3.05) is 5.45 Å². The van der Waals surface area contributed by atoms with Crippen LogP contribution in [0.2, 0.25) is 0 Å². The Morgan fingerprint density at radius 2 is 1.84 bits per heavy atom. The summed E-state index contributed by atoms with van der Waals surface area (Å²) < 4.78 is 45.9. The minimum Gasteiger partial charge on any atom is -0.508 e. The fourth-order valence-electron chi connectivity index (χ4n) is 5.43. The molecule has 10 nitrogen and oxygen atoms in total. The number of aromatic nitrogens is 3. The molecule has 1 aromatic carbocycles. The average Bonchev–Trinajstić information content (AvgIpc) is 3.12. The molecule has 0 spiro atoms. The van der Waals surface area contributed by atoms with E-state index in [0.29, 0.717) is 0 Å². The van der Waals surface area contributed by atoms with Crippen LogP contribution in [0.15, 0.2) is 39.4 Å². The van der Waals surface area contributed by atoms with Crippen LogP contribution in [0.25, 0.3) is 0 Å². The Bertz CT molecular complexity index is 1520. The number of rotatable bonds is 3. The Morgan fingerprint density at radius 3 is 2.46 bits per heavy atom. The Kier molecular flexibility index (Phi) is 5.70. The highest BCUT2D eigenvalue weighted by molar-refractivity contribution is 9.09. The van der Waals surface area contributed by atoms with Gasteiger partial charge >= 0.3 is 17.7 Å². The Labute approximate surface area is 223 Å². The minimum absolute atomic E-state index is 0.150. The fourth-order valence-corrected chi connectivity index (χ4v) is 6.83. The molecule has 4 atom stereocenters. The number of aromatic hydroxyl groups is 1. The molecule has 2 aliphatic heterocycles. The Hall–Kier alpha value is -2.71. The molecule has 37 heavy (non-hydrogen) atoms. The number of carbonyl (C=O) groups is 2. The van der Waals surface area contributed by atoms with Crippen LogP contribution in [0.5, 0.6) is 11.5 Å². The Balaban J connectivity index is 1.80. The third-order valence-corrected chi connectivity index (χ3v) is 8.93. The summed E-state index contributed by atoms with van der Waals surface area (Å²) >= 11 is 16.9. The lowest BCUT2D eigenvalue weighted by atomic mass is 9.64. The van der Waals surface area contributed by atoms with E-state index in [9.17, 15) is 37.5 Å². The molecular formula is C21H16BrCl2F3N4O6. The fraction of sp³-hybridized carbons (Fsp3) is 0.429. The van der Waals surface area contributed by atoms with Crippen LogP contribution in [0.3, 0.4) is 0 Å². The molecule has 1 saturated heterocycles. The summed E-state index contributed by atoms with van der Waals surface area (Å²) in [6.45, 7) is -0.150. The first-order valence-electron chi connectivity index (χ1n) is 10.6. The monoisotopic (exact) mass is 626 g/mol. The van der Waals surface area contributed by atoms with Gasteiger partial charge in [0.2, 0.25) is 0 Å². The number of hydrogen-bond acceptors (Lipinski definition) is 6. The van der Waals surface area contributed by atoms with E-state index in [1.54, 1.807) is 0 Å². The zero-order valence-electron chi connectivity index (χ0n) is 18.6. The van der Waals surface area contributed by atoms with Gasteiger partial charge < -0.3 is 9.84 Å². The first kappa shape index (κ1) is 25.9. The van der Waals surface area contributed by atoms with Crippen molar-refractivity contribution in [3.05, 3.63) is 56.4 Å². The lowest BCUT2D eigenvalue weighted by Crippen LogP contribution is -2.59. The third-order valence-electron chi connectivity index (χ3n) is 7.02. The van der Waals surface area contributed by atoms with E-state index >= 15 is 0 Å². The second-order valence-electron chi connectivity index (χ2n) is 8.85. The SMILES string of the molecule is Cn1c(=O)n2n(c1=O)[C@@H]1C[C@@]3(Cl)C(=O)N(CBr)C(=O)[C@@]3(Cl)[C@@H](c3cc(OC(F)(F)F)ccc3O)C1=CC2. The van der Waals surface area contributed by atoms with Crippen LogP contribution in [-0.2, 0) is 23.2 Å². The maximum absolute atomic E-state index is 13.6. The largest absolute Gasteiger partial charge is 0.573 e. The predicted octanol–water partition coefficient (Wildman–Crippen LogP) is 2.30. The van der Waals surface area contributed by atoms with Crippen LogP contribution >= 0.6 is 39.1 Å². The van der Waals surface area contributed by atoms with E-state index in [4.69, 9.17) is 23.2 Å². The lowest BCUT2D eigenvalue weighted by molar-refractivity contribution is -0.274. The number of hydrogen-bond donors (Lipinski definition) is 1. The third kappa shape index (κ3) is 3.37. The number of fused-ring (bicyclic) bond motifs is 4. The van der Waals surface area contributed by atoms with Crippen LogP contribution < -0.4 is 16.1 Å². The van der Waals surface area contributed by atoms with Crippen molar-refractivity contribution < 1.29 is 32.6 Å². The number of nitrogens with zero attached hydrogens (tertiary/aromatic N) is 4. The molecule has 2 aromatic rings. The zero-order valence-corrected chi connectivity index (χ0v) is 21.7. The molecule has 1 N–H and O–H groups in total. The number of halogens is 6. The topological polar surface area (TPSA) is 116 Å². The summed E-state index contributed by atoms with van der Waals surface area (Å²) in [4.78, 5) is 48.8. The molecule has 5 rings (SSSR count). The highest BCUT2D eigenvalue weighted by Gasteiger charge is 2.75. The van der Waals surface area contributed by atoms with Crippen molar-refractivity contribution in [1.29, 1.82) is 0 Å². The summed E-state index contributed by atoms with van der Waals surface area (Å²) in [5.41, 5.74) is -1.74. The van der Waals surface area contributed by atoms with Gasteiger partial charge in [-0.3, -0.25) is 14.5 Å². The van der Waals surface area contributed by atoms with Crippen LogP contribution in [-0.4, -0.2) is 57.3 Å². The van der Waals surface area contributed by atoms with Crippen LogP contribution in [0, 0.1) is 0 Å². The molecule has 1 saturated carbocycles. The maximum atomic E-state index is 13.6. The number of carbonyl (C=O) groups excluding carboxylic acids is 2. The normalized spacial score (nSPS) is 29.1. The van der Waals surface area contributed by atoms with Crippen LogP contribution in [0.4, 0.5) is 13.2 Å². The average molecular weight is 628 g/mol. The van der Waals surface area contributed by atoms with Crippen molar-refractivity contribution in [2.45, 2.75) is 41.0 Å². The van der Waals surface area contributed by atoms with Gasteiger partial charge in [-0.2, -0.15) is 0 Å². The van der Waals surface area contributed by atoms with E-state index in [2.05, 4.69) is 20.7 Å². The first-order valence-corrected chi connectivity index (χ1v) is 12.5. The number of alkyl halides is 6. The lowest BCUT2D eigenvalue weighted by Gasteiger charge is -2.49. The van der Waals surface area contributed by atoms with Gasteiger partial charge in [0.1, 0.15) is 11.5 Å². The molecule has 16 heteroatoms. The molecule has 0 unspecified atom stereocenters. The number of likely N-dealkylation sites (tertiary alicyclic amines) is 1. The molecule has 1 aromatic heterocycles. The van der Waals surface area contributed by atoms with E-state index in [-0.39, 0.29) is 23.1 Å². The van der Waals surface area contributed by atoms with Gasteiger partial charge in [-0.1, -0.05) is 22.0 Å². The van der Waals surface area contributed by atoms with Crippen LogP contribution in [0.1, 0.15) is 23.9 Å². The number of imide groups is 1. The highest BCUT2D eigenvalue weighted by atomic mass is 79.9. The smallest absolute Gasteiger partial charge is 0.508 e. The summed E-state index contributed by atoms with van der Waals surface area (Å²) in [7, 11) is 1.26. The van der Waals surface area contributed by atoms with Gasteiger partial charge in [-0.15, -0.1) is 36.4 Å². The molecule has 198 valence electrons. The quantitative estimate of drug-likeness (QED) is 0.242. The van der Waals surface area contributed by atoms with Gasteiger partial charge in [-0.25, -0.2) is 23.5 Å². The molecule has 2 fully saturated rings. The van der Waals surface area contributed by atoms with Gasteiger partial charge in [-0.05, 0) is 23.8 Å². The van der Waals surface area contributed by atoms with Gasteiger partial charge in [0.05, 0.1) is 18.0 Å². The number of allylic oxidation sites excluding steroid dienone is 2. The van der Waals surface area contributed by atoms with Crippen molar-refractivity contribution in [1.82, 2.24) is 18.8 Å². The minimum atomic E-state index is -5.07. The molecule has 0 radical (unpaired) electrons. The Morgan fingerprint density at radius 1 is 1.16 bits per heavy atom. The number of phenols is 1. The van der Waals surface area contributed by atoms with Crippen molar-refractivity contribution in [3.63, 3.8) is 0 Å². The number of ether oxygens (including phenoxy) is 1. The number of benzene rings is 1. The number of amides is 2. The molecule has 3 aliphatic rings. The second kappa shape index (κ2) is 8.14. The van der Waals surface area contributed by atoms with Crippen molar-refractivity contribution >= 4 is 50.9 Å². The second-order valence-corrected chi connectivity index (χ2v) is 10.6. The maximum Gasteiger partial charge on any atom is 0.573 e. The molecule has 0 bridgehead atoms. The highest BCUT2D eigenvalue weighted by Crippen LogP contribution is 2.64.